The van der Waals surface area contributed by atoms with Crippen molar-refractivity contribution in [2.24, 2.45) is 0 Å². The number of rotatable bonds is 5. The van der Waals surface area contributed by atoms with Crippen molar-refractivity contribution in [3.8, 4) is 10.4 Å². The number of nitrogens with one attached hydrogen (secondary N) is 2. The highest BCUT2D eigenvalue weighted by atomic mass is 32.1. The Morgan fingerprint density at radius 2 is 1.76 bits per heavy atom. The average Bonchev–Trinajstić information content (AvgIpc) is 2.95. The second-order valence-electron chi connectivity index (χ2n) is 4.83. The molecule has 0 unspecified atom stereocenters. The van der Waals surface area contributed by atoms with Gasteiger partial charge in [0.1, 0.15) is 0 Å². The van der Waals surface area contributed by atoms with Crippen LogP contribution in [-0.2, 0) is 6.54 Å². The Kier molecular flexibility index (Phi) is 4.28. The molecule has 1 aromatic heterocycles. The zero-order chi connectivity index (χ0) is 14.5. The van der Waals surface area contributed by atoms with Crippen molar-refractivity contribution in [3.63, 3.8) is 0 Å². The molecule has 0 radical (unpaired) electrons. The third kappa shape index (κ3) is 3.48. The summed E-state index contributed by atoms with van der Waals surface area (Å²) in [4.78, 5) is 1.21. The van der Waals surface area contributed by atoms with Gasteiger partial charge in [0.25, 0.3) is 0 Å². The standard InChI is InChI=1S/C17H17N3S/c1-13-11-17(21-20-13)16-10-6-5-7-14(16)12-18-19-15-8-3-2-4-9-15/h2-11,18-19H,12H2,1H3. The number of aromatic nitrogens is 1. The van der Waals surface area contributed by atoms with Gasteiger partial charge in [-0.25, -0.2) is 5.43 Å². The van der Waals surface area contributed by atoms with Crippen molar-refractivity contribution in [1.29, 1.82) is 0 Å². The fourth-order valence-electron chi connectivity index (χ4n) is 2.17. The van der Waals surface area contributed by atoms with Crippen LogP contribution in [0.2, 0.25) is 0 Å². The third-order valence-electron chi connectivity index (χ3n) is 3.20. The molecular formula is C17H17N3S. The number of para-hydroxylation sites is 1. The molecule has 1 heterocycles. The summed E-state index contributed by atoms with van der Waals surface area (Å²) in [6.45, 7) is 2.78. The highest BCUT2D eigenvalue weighted by Crippen LogP contribution is 2.27. The lowest BCUT2D eigenvalue weighted by atomic mass is 10.1. The topological polar surface area (TPSA) is 37.0 Å². The molecule has 2 aromatic carbocycles. The van der Waals surface area contributed by atoms with E-state index in [0.29, 0.717) is 0 Å². The predicted molar refractivity (Wildman–Crippen MR) is 89.2 cm³/mol. The number of anilines is 1. The van der Waals surface area contributed by atoms with Gasteiger partial charge in [0.2, 0.25) is 0 Å². The molecule has 0 aliphatic rings. The summed E-state index contributed by atoms with van der Waals surface area (Å²) in [7, 11) is 0. The Morgan fingerprint density at radius 3 is 2.52 bits per heavy atom. The van der Waals surface area contributed by atoms with E-state index >= 15 is 0 Å². The minimum atomic E-state index is 0.752. The number of hydrazine groups is 1. The van der Waals surface area contributed by atoms with Crippen molar-refractivity contribution in [2.75, 3.05) is 5.43 Å². The van der Waals surface area contributed by atoms with Crippen LogP contribution in [0.4, 0.5) is 5.69 Å². The average molecular weight is 295 g/mol. The van der Waals surface area contributed by atoms with Crippen molar-refractivity contribution in [1.82, 2.24) is 9.80 Å². The minimum absolute atomic E-state index is 0.752. The second kappa shape index (κ2) is 6.52. The Bertz CT molecular complexity index is 707. The summed E-state index contributed by atoms with van der Waals surface area (Å²) in [6, 6.07) is 20.7. The molecule has 2 N–H and O–H groups in total. The van der Waals surface area contributed by atoms with Gasteiger partial charge in [-0.1, -0.05) is 42.5 Å². The summed E-state index contributed by atoms with van der Waals surface area (Å²) in [6.07, 6.45) is 0. The molecule has 0 saturated carbocycles. The first kappa shape index (κ1) is 13.8. The molecule has 0 bridgehead atoms. The van der Waals surface area contributed by atoms with Crippen molar-refractivity contribution >= 4 is 17.2 Å². The van der Waals surface area contributed by atoms with E-state index in [1.807, 2.05) is 37.3 Å². The first-order valence-corrected chi connectivity index (χ1v) is 7.66. The molecule has 21 heavy (non-hydrogen) atoms. The van der Waals surface area contributed by atoms with Gasteiger partial charge in [0, 0.05) is 12.2 Å². The van der Waals surface area contributed by atoms with Crippen LogP contribution in [-0.4, -0.2) is 4.37 Å². The molecule has 3 aromatic rings. The number of hydrogen-bond acceptors (Lipinski definition) is 4. The quantitative estimate of drug-likeness (QED) is 0.691. The Morgan fingerprint density at radius 1 is 1.00 bits per heavy atom. The highest BCUT2D eigenvalue weighted by Gasteiger charge is 2.07. The van der Waals surface area contributed by atoms with E-state index < -0.39 is 0 Å². The largest absolute Gasteiger partial charge is 0.321 e. The van der Waals surface area contributed by atoms with Gasteiger partial charge in [-0.15, -0.1) is 0 Å². The van der Waals surface area contributed by atoms with E-state index in [-0.39, 0.29) is 0 Å². The van der Waals surface area contributed by atoms with E-state index in [4.69, 9.17) is 0 Å². The van der Waals surface area contributed by atoms with Crippen LogP contribution >= 0.6 is 11.5 Å². The first-order chi connectivity index (χ1) is 10.3. The summed E-state index contributed by atoms with van der Waals surface area (Å²) in [5, 5.41) is 0. The lowest BCUT2D eigenvalue weighted by molar-refractivity contribution is 0.803. The summed E-state index contributed by atoms with van der Waals surface area (Å²) >= 11 is 1.55. The van der Waals surface area contributed by atoms with Gasteiger partial charge in [-0.05, 0) is 47.8 Å². The molecule has 0 saturated heterocycles. The van der Waals surface area contributed by atoms with Gasteiger partial charge >= 0.3 is 0 Å². The smallest absolute Gasteiger partial charge is 0.0555 e. The Labute approximate surface area is 128 Å². The predicted octanol–water partition coefficient (Wildman–Crippen LogP) is 4.24. The van der Waals surface area contributed by atoms with Gasteiger partial charge in [-0.2, -0.15) is 4.37 Å². The van der Waals surface area contributed by atoms with Crippen LogP contribution in [0.5, 0.6) is 0 Å². The third-order valence-corrected chi connectivity index (χ3v) is 4.11. The fourth-order valence-corrected chi connectivity index (χ4v) is 2.98. The van der Waals surface area contributed by atoms with Crippen LogP contribution in [0, 0.1) is 6.92 Å². The lowest BCUT2D eigenvalue weighted by Crippen LogP contribution is -2.21. The van der Waals surface area contributed by atoms with Crippen molar-refractivity contribution < 1.29 is 0 Å². The maximum Gasteiger partial charge on any atom is 0.0555 e. The molecule has 4 heteroatoms. The normalized spacial score (nSPS) is 10.5. The molecule has 0 atom stereocenters. The SMILES string of the molecule is Cc1cc(-c2ccccc2CNNc2ccccc2)sn1. The second-order valence-corrected chi connectivity index (χ2v) is 5.64. The molecule has 0 aliphatic heterocycles. The molecule has 106 valence electrons. The zero-order valence-electron chi connectivity index (χ0n) is 11.8. The fraction of sp³-hybridized carbons (Fsp3) is 0.118. The van der Waals surface area contributed by atoms with Gasteiger partial charge in [-0.3, -0.25) is 0 Å². The molecule has 3 rings (SSSR count). The van der Waals surface area contributed by atoms with E-state index in [0.717, 1.165) is 17.9 Å². The molecule has 0 amide bonds. The molecule has 3 nitrogen and oxygen atoms in total. The monoisotopic (exact) mass is 295 g/mol. The Hall–Kier alpha value is -2.17. The minimum Gasteiger partial charge on any atom is -0.321 e. The van der Waals surface area contributed by atoms with E-state index in [9.17, 15) is 0 Å². The van der Waals surface area contributed by atoms with Crippen molar-refractivity contribution in [2.45, 2.75) is 13.5 Å². The zero-order valence-corrected chi connectivity index (χ0v) is 12.7. The van der Waals surface area contributed by atoms with E-state index in [1.165, 1.54) is 16.0 Å². The van der Waals surface area contributed by atoms with Gasteiger partial charge in [0.05, 0.1) is 10.6 Å². The van der Waals surface area contributed by atoms with Crippen LogP contribution in [0.1, 0.15) is 11.3 Å². The number of benzene rings is 2. The highest BCUT2D eigenvalue weighted by molar-refractivity contribution is 7.09. The van der Waals surface area contributed by atoms with E-state index in [1.54, 1.807) is 11.5 Å². The molecule has 0 spiro atoms. The van der Waals surface area contributed by atoms with Crippen LogP contribution in [0.3, 0.4) is 0 Å². The molecule has 0 aliphatic carbocycles. The van der Waals surface area contributed by atoms with Crippen LogP contribution in [0.25, 0.3) is 10.4 Å². The van der Waals surface area contributed by atoms with E-state index in [2.05, 4.69) is 45.6 Å². The maximum absolute atomic E-state index is 4.37. The molecular weight excluding hydrogens is 278 g/mol. The van der Waals surface area contributed by atoms with Gasteiger partial charge < -0.3 is 5.43 Å². The Balaban J connectivity index is 1.71. The van der Waals surface area contributed by atoms with Crippen LogP contribution < -0.4 is 10.9 Å². The van der Waals surface area contributed by atoms with Crippen molar-refractivity contribution in [3.05, 3.63) is 71.9 Å². The lowest BCUT2D eigenvalue weighted by Gasteiger charge is -2.11. The summed E-state index contributed by atoms with van der Waals surface area (Å²) in [5.41, 5.74) is 11.1. The van der Waals surface area contributed by atoms with Crippen LogP contribution in [0.15, 0.2) is 60.7 Å². The number of aryl methyl sites for hydroxylation is 1. The summed E-state index contributed by atoms with van der Waals surface area (Å²) < 4.78 is 4.37. The first-order valence-electron chi connectivity index (χ1n) is 6.88. The van der Waals surface area contributed by atoms with Gasteiger partial charge in [0.15, 0.2) is 0 Å². The summed E-state index contributed by atoms with van der Waals surface area (Å²) in [5.74, 6) is 0. The maximum atomic E-state index is 4.37. The number of hydrogen-bond donors (Lipinski definition) is 2. The number of nitrogens with zero attached hydrogens (tertiary/aromatic N) is 1. The molecule has 0 fully saturated rings.